The van der Waals surface area contributed by atoms with Crippen LogP contribution in [0.15, 0.2) is 72.8 Å². The summed E-state index contributed by atoms with van der Waals surface area (Å²) >= 11 is 0. The van der Waals surface area contributed by atoms with E-state index in [1.807, 2.05) is 48.5 Å². The highest BCUT2D eigenvalue weighted by Gasteiger charge is 2.37. The fraction of sp³-hybridized carbons (Fsp3) is 0.235. The molecule has 0 amide bonds. The molecule has 0 saturated carbocycles. The van der Waals surface area contributed by atoms with Crippen LogP contribution in [-0.2, 0) is 12.8 Å². The van der Waals surface area contributed by atoms with Gasteiger partial charge in [0, 0.05) is 11.1 Å². The predicted octanol–water partition coefficient (Wildman–Crippen LogP) is 7.90. The highest BCUT2D eigenvalue weighted by molar-refractivity contribution is 6.32. The van der Waals surface area contributed by atoms with Gasteiger partial charge in [-0.3, -0.25) is 9.59 Å². The van der Waals surface area contributed by atoms with Gasteiger partial charge in [0.2, 0.25) is 0 Å². The van der Waals surface area contributed by atoms with Gasteiger partial charge in [0.1, 0.15) is 11.5 Å². The van der Waals surface area contributed by atoms with Crippen molar-refractivity contribution in [3.63, 3.8) is 0 Å². The number of benzene rings is 4. The molecule has 40 heavy (non-hydrogen) atoms. The van der Waals surface area contributed by atoms with Gasteiger partial charge in [-0.1, -0.05) is 75.2 Å². The van der Waals surface area contributed by atoms with E-state index in [4.69, 9.17) is 20.9 Å². The van der Waals surface area contributed by atoms with Gasteiger partial charge in [-0.15, -0.1) is 0 Å². The quantitative estimate of drug-likeness (QED) is 0.177. The summed E-state index contributed by atoms with van der Waals surface area (Å²) in [7, 11) is 0. The summed E-state index contributed by atoms with van der Waals surface area (Å²) in [5, 5.41) is 0. The van der Waals surface area contributed by atoms with Gasteiger partial charge in [-0.2, -0.15) is 0 Å². The minimum atomic E-state index is -0.374. The molecule has 0 aliphatic heterocycles. The molecule has 4 N–H and O–H groups in total. The maximum absolute atomic E-state index is 13.6. The van der Waals surface area contributed by atoms with E-state index in [1.54, 1.807) is 24.3 Å². The van der Waals surface area contributed by atoms with Crippen LogP contribution in [0.2, 0.25) is 0 Å². The summed E-state index contributed by atoms with van der Waals surface area (Å²) in [4.78, 5) is 27.2. The molecule has 4 aromatic carbocycles. The van der Waals surface area contributed by atoms with Crippen LogP contribution in [0.3, 0.4) is 0 Å². The summed E-state index contributed by atoms with van der Waals surface area (Å²) in [5.74, 6) is 0.491. The van der Waals surface area contributed by atoms with Crippen LogP contribution in [0, 0.1) is 0 Å². The Morgan fingerprint density at radius 3 is 1.30 bits per heavy atom. The van der Waals surface area contributed by atoms with Crippen molar-refractivity contribution >= 4 is 22.9 Å². The van der Waals surface area contributed by atoms with Crippen LogP contribution in [0.5, 0.6) is 23.0 Å². The Balaban J connectivity index is 1.60. The first kappa shape index (κ1) is 27.0. The Kier molecular flexibility index (Phi) is 7.87. The number of carbonyl (C=O) groups excluding carboxylic acids is 2. The number of hydrogen-bond donors (Lipinski definition) is 2. The van der Waals surface area contributed by atoms with Gasteiger partial charge < -0.3 is 20.9 Å². The highest BCUT2D eigenvalue weighted by atomic mass is 16.5. The Morgan fingerprint density at radius 1 is 0.575 bits per heavy atom. The Hall–Kier alpha value is -4.58. The average Bonchev–Trinajstić information content (AvgIpc) is 2.98. The van der Waals surface area contributed by atoms with Crippen LogP contribution >= 0.6 is 0 Å². The van der Waals surface area contributed by atoms with E-state index in [0.717, 1.165) is 38.5 Å². The normalized spacial score (nSPS) is 12.2. The Morgan fingerprint density at radius 2 is 0.950 bits per heavy atom. The average molecular weight is 535 g/mol. The summed E-state index contributed by atoms with van der Waals surface area (Å²) in [6.07, 6.45) is 6.37. The lowest BCUT2D eigenvalue weighted by Crippen LogP contribution is -2.24. The van der Waals surface area contributed by atoms with Gasteiger partial charge >= 0.3 is 0 Å². The van der Waals surface area contributed by atoms with E-state index >= 15 is 0 Å². The first-order valence-corrected chi connectivity index (χ1v) is 13.9. The molecule has 6 heteroatoms. The van der Waals surface area contributed by atoms with E-state index in [9.17, 15) is 9.59 Å². The zero-order valence-electron chi connectivity index (χ0n) is 23.0. The molecule has 0 atom stereocenters. The molecule has 1 aliphatic carbocycles. The zero-order chi connectivity index (χ0) is 28.2. The molecule has 0 aromatic heterocycles. The predicted molar refractivity (Wildman–Crippen MR) is 159 cm³/mol. The summed E-state index contributed by atoms with van der Waals surface area (Å²) < 4.78 is 12.5. The topological polar surface area (TPSA) is 105 Å². The van der Waals surface area contributed by atoms with Gasteiger partial charge in [-0.25, -0.2) is 0 Å². The molecule has 6 nitrogen and oxygen atoms in total. The zero-order valence-corrected chi connectivity index (χ0v) is 23.0. The molecule has 0 heterocycles. The van der Waals surface area contributed by atoms with Crippen molar-refractivity contribution in [1.29, 1.82) is 0 Å². The first-order chi connectivity index (χ1) is 19.4. The van der Waals surface area contributed by atoms with Crippen molar-refractivity contribution in [3.05, 3.63) is 106 Å². The van der Waals surface area contributed by atoms with Crippen molar-refractivity contribution in [2.24, 2.45) is 0 Å². The van der Waals surface area contributed by atoms with Gasteiger partial charge in [0.15, 0.2) is 23.1 Å². The summed E-state index contributed by atoms with van der Waals surface area (Å²) in [5.41, 5.74) is 16.3. The van der Waals surface area contributed by atoms with E-state index < -0.39 is 0 Å². The van der Waals surface area contributed by atoms with E-state index in [2.05, 4.69) is 13.8 Å². The first-order valence-electron chi connectivity index (χ1n) is 13.9. The smallest absolute Gasteiger partial charge is 0.196 e. The van der Waals surface area contributed by atoms with Crippen molar-refractivity contribution in [1.82, 2.24) is 0 Å². The molecular formula is C34H34N2O4. The lowest BCUT2D eigenvalue weighted by atomic mass is 9.82. The number of hydrogen-bond acceptors (Lipinski definition) is 6. The number of unbranched alkanes of at least 4 members (excludes halogenated alkanes) is 2. The van der Waals surface area contributed by atoms with Gasteiger partial charge in [0.05, 0.1) is 22.5 Å². The Labute approximate surface area is 234 Å². The van der Waals surface area contributed by atoms with Crippen molar-refractivity contribution in [2.45, 2.75) is 52.4 Å². The lowest BCUT2D eigenvalue weighted by molar-refractivity contribution is 0.0980. The number of ketones is 2. The van der Waals surface area contributed by atoms with Crippen molar-refractivity contribution < 1.29 is 19.1 Å². The standard InChI is InChI=1S/C34H34N2O4/c1-3-5-9-21-13-17-23(18-14-21)39-33-29(35)27-28(32(38)26-12-8-7-11-25(26)31(27)37)30(36)34(33)40-24-19-15-22(16-20-24)10-6-4-2/h7-8,11-20H,3-6,9-10,35-36H2,1-2H3. The highest BCUT2D eigenvalue weighted by Crippen LogP contribution is 2.50. The minimum absolute atomic E-state index is 0.0154. The maximum atomic E-state index is 13.6. The Bertz CT molecular complexity index is 1440. The molecule has 5 rings (SSSR count). The molecule has 0 fully saturated rings. The SMILES string of the molecule is CCCCc1ccc(Oc2c(N)c3c(c(N)c2Oc2ccc(CCCC)cc2)C(=O)c2ccccc2C3=O)cc1. The summed E-state index contributed by atoms with van der Waals surface area (Å²) in [6.45, 7) is 4.32. The van der Waals surface area contributed by atoms with Gasteiger partial charge in [-0.05, 0) is 61.1 Å². The number of nitrogens with two attached hydrogens (primary N) is 2. The molecular weight excluding hydrogens is 500 g/mol. The lowest BCUT2D eigenvalue weighted by Gasteiger charge is -2.25. The number of carbonyl (C=O) groups is 2. The minimum Gasteiger partial charge on any atom is -0.451 e. The number of ether oxygens (including phenoxy) is 2. The molecule has 0 bridgehead atoms. The molecule has 0 unspecified atom stereocenters. The van der Waals surface area contributed by atoms with E-state index in [0.29, 0.717) is 11.5 Å². The molecule has 0 radical (unpaired) electrons. The van der Waals surface area contributed by atoms with Crippen LogP contribution in [0.25, 0.3) is 0 Å². The van der Waals surface area contributed by atoms with Crippen molar-refractivity contribution in [2.75, 3.05) is 11.5 Å². The summed E-state index contributed by atoms with van der Waals surface area (Å²) in [6, 6.07) is 22.1. The van der Waals surface area contributed by atoms with Crippen LogP contribution in [0.4, 0.5) is 11.4 Å². The molecule has 204 valence electrons. The van der Waals surface area contributed by atoms with E-state index in [1.165, 1.54) is 11.1 Å². The number of aryl methyl sites for hydroxylation is 2. The molecule has 0 spiro atoms. The van der Waals surface area contributed by atoms with Crippen LogP contribution < -0.4 is 20.9 Å². The number of rotatable bonds is 10. The molecule has 4 aromatic rings. The van der Waals surface area contributed by atoms with Crippen LogP contribution in [-0.4, -0.2) is 11.6 Å². The third-order valence-electron chi connectivity index (χ3n) is 7.28. The number of fused-ring (bicyclic) bond motifs is 2. The second-order valence-electron chi connectivity index (χ2n) is 10.1. The fourth-order valence-corrected chi connectivity index (χ4v) is 5.01. The largest absolute Gasteiger partial charge is 0.451 e. The van der Waals surface area contributed by atoms with Crippen LogP contribution in [0.1, 0.15) is 82.5 Å². The third-order valence-corrected chi connectivity index (χ3v) is 7.28. The second-order valence-corrected chi connectivity index (χ2v) is 10.1. The number of anilines is 2. The monoisotopic (exact) mass is 534 g/mol. The van der Waals surface area contributed by atoms with Crippen molar-refractivity contribution in [3.8, 4) is 23.0 Å². The van der Waals surface area contributed by atoms with Gasteiger partial charge in [0.25, 0.3) is 0 Å². The fourth-order valence-electron chi connectivity index (χ4n) is 5.01. The maximum Gasteiger partial charge on any atom is 0.196 e. The molecule has 0 saturated heterocycles. The van der Waals surface area contributed by atoms with E-state index in [-0.39, 0.29) is 56.7 Å². The third kappa shape index (κ3) is 5.17. The second kappa shape index (κ2) is 11.7. The molecule has 1 aliphatic rings. The number of nitrogen functional groups attached to an aromatic ring is 2.